The average Bonchev–Trinajstić information content (AvgIpc) is 2.74. The number of hydrogen-bond donors (Lipinski definition) is 3. The molecule has 10 nitrogen and oxygen atoms in total. The molecule has 2 rings (SSSR count). The van der Waals surface area contributed by atoms with Crippen molar-refractivity contribution in [2.75, 3.05) is 25.6 Å². The number of methoxy groups -OCH3 is 1. The molecule has 3 N–H and O–H groups in total. The molecule has 1 unspecified atom stereocenters. The number of anilines is 1. The first kappa shape index (κ1) is 23.6. The lowest BCUT2D eigenvalue weighted by molar-refractivity contribution is -0.384. The first-order valence-corrected chi connectivity index (χ1v) is 9.64. The van der Waals surface area contributed by atoms with E-state index in [0.717, 1.165) is 11.3 Å². The van der Waals surface area contributed by atoms with E-state index in [4.69, 9.17) is 9.47 Å². The number of nitro groups is 1. The number of nitro benzene ring substituents is 1. The fraction of sp³-hybridized carbons (Fsp3) is 0.333. The van der Waals surface area contributed by atoms with E-state index in [1.165, 1.54) is 18.2 Å². The summed E-state index contributed by atoms with van der Waals surface area (Å²) in [6, 6.07) is 10.3. The second kappa shape index (κ2) is 11.5. The lowest BCUT2D eigenvalue weighted by Crippen LogP contribution is -2.40. The molecule has 0 saturated carbocycles. The van der Waals surface area contributed by atoms with E-state index in [1.54, 1.807) is 26.2 Å². The van der Waals surface area contributed by atoms with Crippen molar-refractivity contribution in [3.05, 3.63) is 58.1 Å². The molecule has 0 bridgehead atoms. The predicted molar refractivity (Wildman–Crippen MR) is 114 cm³/mol. The van der Waals surface area contributed by atoms with E-state index < -0.39 is 22.8 Å². The number of carbonyl (C=O) groups excluding carboxylic acids is 1. The molecule has 0 fully saturated rings. The second-order valence-electron chi connectivity index (χ2n) is 6.56. The third-order valence-corrected chi connectivity index (χ3v) is 4.40. The zero-order chi connectivity index (χ0) is 22.8. The van der Waals surface area contributed by atoms with Crippen LogP contribution in [0.15, 0.2) is 42.5 Å². The number of aliphatic carboxylic acids is 1. The maximum atomic E-state index is 12.3. The van der Waals surface area contributed by atoms with Gasteiger partial charge in [-0.05, 0) is 49.7 Å². The van der Waals surface area contributed by atoms with E-state index in [9.17, 15) is 24.8 Å². The van der Waals surface area contributed by atoms with Gasteiger partial charge in [-0.1, -0.05) is 12.1 Å². The Labute approximate surface area is 179 Å². The summed E-state index contributed by atoms with van der Waals surface area (Å²) in [6.07, 6.45) is 0.169. The number of amides is 1. The number of nitrogens with zero attached hydrogens (tertiary/aromatic N) is 1. The predicted octanol–water partition coefficient (Wildman–Crippen LogP) is 2.62. The van der Waals surface area contributed by atoms with Crippen molar-refractivity contribution in [3.8, 4) is 11.5 Å². The number of hydrogen-bond acceptors (Lipinski definition) is 7. The van der Waals surface area contributed by atoms with Crippen molar-refractivity contribution in [1.82, 2.24) is 5.32 Å². The van der Waals surface area contributed by atoms with Crippen LogP contribution in [0.5, 0.6) is 11.5 Å². The summed E-state index contributed by atoms with van der Waals surface area (Å²) in [7, 11) is 1.57. The molecule has 0 saturated heterocycles. The second-order valence-corrected chi connectivity index (χ2v) is 6.56. The van der Waals surface area contributed by atoms with Gasteiger partial charge in [0.2, 0.25) is 5.91 Å². The molecular formula is C21H25N3O7. The molecule has 10 heteroatoms. The van der Waals surface area contributed by atoms with Gasteiger partial charge in [0.05, 0.1) is 31.1 Å². The first-order chi connectivity index (χ1) is 14.8. The Morgan fingerprint density at radius 2 is 1.84 bits per heavy atom. The number of carboxylic acid groups (broad SMARTS) is 1. The third kappa shape index (κ3) is 7.27. The topological polar surface area (TPSA) is 140 Å². The van der Waals surface area contributed by atoms with Crippen LogP contribution in [0.2, 0.25) is 0 Å². The van der Waals surface area contributed by atoms with Crippen molar-refractivity contribution < 1.29 is 29.1 Å². The molecule has 0 aliphatic rings. The Morgan fingerprint density at radius 1 is 1.16 bits per heavy atom. The smallest absolute Gasteiger partial charge is 0.321 e. The lowest BCUT2D eigenvalue weighted by Gasteiger charge is -2.15. The number of benzene rings is 2. The van der Waals surface area contributed by atoms with Gasteiger partial charge in [-0.15, -0.1) is 0 Å². The number of nitrogens with one attached hydrogen (secondary N) is 2. The highest BCUT2D eigenvalue weighted by Gasteiger charge is 2.23. The molecule has 1 atom stereocenters. The molecule has 2 aromatic carbocycles. The largest absolute Gasteiger partial charge is 0.497 e. The van der Waals surface area contributed by atoms with Crippen molar-refractivity contribution in [3.63, 3.8) is 0 Å². The Kier molecular flexibility index (Phi) is 8.77. The van der Waals surface area contributed by atoms with Crippen LogP contribution in [0.4, 0.5) is 11.4 Å². The van der Waals surface area contributed by atoms with Crippen LogP contribution in [-0.2, 0) is 16.0 Å². The summed E-state index contributed by atoms with van der Waals surface area (Å²) < 4.78 is 10.3. The number of rotatable bonds is 12. The molecule has 0 heterocycles. The van der Waals surface area contributed by atoms with Gasteiger partial charge in [-0.3, -0.25) is 19.7 Å². The highest BCUT2D eigenvalue weighted by Crippen LogP contribution is 2.29. The summed E-state index contributed by atoms with van der Waals surface area (Å²) in [5.41, 5.74) is 0.617. The Hall–Kier alpha value is -3.66. The van der Waals surface area contributed by atoms with E-state index in [2.05, 4.69) is 10.6 Å². The van der Waals surface area contributed by atoms with E-state index in [-0.39, 0.29) is 17.8 Å². The van der Waals surface area contributed by atoms with Crippen LogP contribution in [0.25, 0.3) is 0 Å². The summed E-state index contributed by atoms with van der Waals surface area (Å²) in [6.45, 7) is 2.42. The Bertz CT molecular complexity index is 916. The van der Waals surface area contributed by atoms with Crippen molar-refractivity contribution in [2.45, 2.75) is 25.8 Å². The minimum absolute atomic E-state index is 0.0270. The maximum Gasteiger partial charge on any atom is 0.321 e. The fourth-order valence-electron chi connectivity index (χ4n) is 2.84. The van der Waals surface area contributed by atoms with Gasteiger partial charge in [0.25, 0.3) is 5.69 Å². The van der Waals surface area contributed by atoms with Gasteiger partial charge in [0, 0.05) is 0 Å². The molecule has 0 aliphatic heterocycles. The molecule has 0 aliphatic carbocycles. The van der Waals surface area contributed by atoms with Crippen LogP contribution in [0, 0.1) is 10.1 Å². The Balaban J connectivity index is 1.95. The SMILES string of the molecule is CCOc1ccc(NC(=O)CC(NCCc2ccc(OC)cc2)C(=O)O)c([N+](=O)[O-])c1. The molecule has 31 heavy (non-hydrogen) atoms. The summed E-state index contributed by atoms with van der Waals surface area (Å²) >= 11 is 0. The van der Waals surface area contributed by atoms with Gasteiger partial charge in [0.1, 0.15) is 23.2 Å². The van der Waals surface area contributed by atoms with Gasteiger partial charge in [-0.25, -0.2) is 0 Å². The van der Waals surface area contributed by atoms with Gasteiger partial charge in [-0.2, -0.15) is 0 Å². The fourth-order valence-corrected chi connectivity index (χ4v) is 2.84. The van der Waals surface area contributed by atoms with Gasteiger partial charge < -0.3 is 25.2 Å². The van der Waals surface area contributed by atoms with E-state index in [1.807, 2.05) is 12.1 Å². The summed E-state index contributed by atoms with van der Waals surface area (Å²) in [5.74, 6) is -0.821. The molecule has 0 spiro atoms. The van der Waals surface area contributed by atoms with Crippen LogP contribution >= 0.6 is 0 Å². The number of carboxylic acids is 1. The van der Waals surface area contributed by atoms with Crippen molar-refractivity contribution >= 4 is 23.3 Å². The highest BCUT2D eigenvalue weighted by atomic mass is 16.6. The molecule has 0 aromatic heterocycles. The van der Waals surface area contributed by atoms with Crippen LogP contribution in [-0.4, -0.2) is 48.2 Å². The number of carbonyl (C=O) groups is 2. The minimum Gasteiger partial charge on any atom is -0.497 e. The summed E-state index contributed by atoms with van der Waals surface area (Å²) in [4.78, 5) is 34.5. The molecule has 2 aromatic rings. The van der Waals surface area contributed by atoms with Crippen molar-refractivity contribution in [2.24, 2.45) is 0 Å². The quantitative estimate of drug-likeness (QED) is 0.344. The maximum absolute atomic E-state index is 12.3. The van der Waals surface area contributed by atoms with Gasteiger partial charge in [0.15, 0.2) is 0 Å². The molecule has 166 valence electrons. The number of ether oxygens (including phenoxy) is 2. The van der Waals surface area contributed by atoms with E-state index >= 15 is 0 Å². The lowest BCUT2D eigenvalue weighted by atomic mass is 10.1. The van der Waals surface area contributed by atoms with Gasteiger partial charge >= 0.3 is 5.97 Å². The zero-order valence-corrected chi connectivity index (χ0v) is 17.3. The van der Waals surface area contributed by atoms with Crippen LogP contribution < -0.4 is 20.1 Å². The van der Waals surface area contributed by atoms with Crippen molar-refractivity contribution in [1.29, 1.82) is 0 Å². The minimum atomic E-state index is -1.19. The zero-order valence-electron chi connectivity index (χ0n) is 17.3. The normalized spacial score (nSPS) is 11.4. The molecule has 1 amide bonds. The molecular weight excluding hydrogens is 406 g/mol. The van der Waals surface area contributed by atoms with Crippen LogP contribution in [0.1, 0.15) is 18.9 Å². The standard InChI is InChI=1S/C21H25N3O7/c1-3-31-16-8-9-17(19(12-16)24(28)29)23-20(25)13-18(21(26)27)22-11-10-14-4-6-15(30-2)7-5-14/h4-9,12,18,22H,3,10-11,13H2,1-2H3,(H,23,25)(H,26,27). The third-order valence-electron chi connectivity index (χ3n) is 4.40. The summed E-state index contributed by atoms with van der Waals surface area (Å²) in [5, 5.41) is 25.9. The monoisotopic (exact) mass is 431 g/mol. The Morgan fingerprint density at radius 3 is 2.42 bits per heavy atom. The van der Waals surface area contributed by atoms with Crippen LogP contribution in [0.3, 0.4) is 0 Å². The average molecular weight is 431 g/mol. The highest BCUT2D eigenvalue weighted by molar-refractivity contribution is 5.96. The first-order valence-electron chi connectivity index (χ1n) is 9.64. The molecule has 0 radical (unpaired) electrons. The van der Waals surface area contributed by atoms with E-state index in [0.29, 0.717) is 25.3 Å².